The van der Waals surface area contributed by atoms with Gasteiger partial charge in [0.1, 0.15) is 5.75 Å². The monoisotopic (exact) mass is 308 g/mol. The Hall–Kier alpha value is -2.89. The number of hydrogen-bond donors (Lipinski definition) is 2. The molecule has 1 aliphatic carbocycles. The smallest absolute Gasteiger partial charge is 0.227 e. The van der Waals surface area contributed by atoms with Crippen LogP contribution >= 0.6 is 0 Å². The van der Waals surface area contributed by atoms with Crippen molar-refractivity contribution >= 4 is 16.9 Å². The SMILES string of the molecule is COc1nc(NC2CC2)ncc1-c1ccc2cc(O)ccc2n1. The molecule has 0 radical (unpaired) electrons. The van der Waals surface area contributed by atoms with Gasteiger partial charge in [-0.05, 0) is 37.1 Å². The van der Waals surface area contributed by atoms with Gasteiger partial charge in [0.2, 0.25) is 11.8 Å². The van der Waals surface area contributed by atoms with Crippen LogP contribution in [0.1, 0.15) is 12.8 Å². The van der Waals surface area contributed by atoms with Gasteiger partial charge in [0.25, 0.3) is 0 Å². The summed E-state index contributed by atoms with van der Waals surface area (Å²) in [5.74, 6) is 1.30. The number of phenolic OH excluding ortho intramolecular Hbond substituents is 1. The lowest BCUT2D eigenvalue weighted by molar-refractivity contribution is 0.399. The van der Waals surface area contributed by atoms with E-state index in [4.69, 9.17) is 4.74 Å². The minimum absolute atomic E-state index is 0.225. The Morgan fingerprint density at radius 3 is 2.83 bits per heavy atom. The number of rotatable bonds is 4. The van der Waals surface area contributed by atoms with Crippen LogP contribution in [0.3, 0.4) is 0 Å². The van der Waals surface area contributed by atoms with Crippen LogP contribution in [0.2, 0.25) is 0 Å². The molecule has 0 saturated heterocycles. The van der Waals surface area contributed by atoms with Crippen LogP contribution in [0, 0.1) is 0 Å². The highest BCUT2D eigenvalue weighted by molar-refractivity contribution is 5.83. The number of nitrogens with zero attached hydrogens (tertiary/aromatic N) is 3. The Balaban J connectivity index is 1.74. The van der Waals surface area contributed by atoms with Crippen molar-refractivity contribution in [2.45, 2.75) is 18.9 Å². The summed E-state index contributed by atoms with van der Waals surface area (Å²) in [6.45, 7) is 0. The van der Waals surface area contributed by atoms with Crippen LogP contribution in [0.4, 0.5) is 5.95 Å². The van der Waals surface area contributed by atoms with Gasteiger partial charge in [0.05, 0.1) is 23.9 Å². The van der Waals surface area contributed by atoms with E-state index in [1.807, 2.05) is 12.1 Å². The molecule has 6 heteroatoms. The topological polar surface area (TPSA) is 80.2 Å². The normalized spacial score (nSPS) is 14.0. The van der Waals surface area contributed by atoms with E-state index in [1.165, 1.54) is 0 Å². The summed E-state index contributed by atoms with van der Waals surface area (Å²) in [5.41, 5.74) is 2.27. The number of ether oxygens (including phenoxy) is 1. The second-order valence-corrected chi connectivity index (χ2v) is 5.61. The average molecular weight is 308 g/mol. The van der Waals surface area contributed by atoms with Crippen LogP contribution in [0.5, 0.6) is 11.6 Å². The summed E-state index contributed by atoms with van der Waals surface area (Å²) in [6.07, 6.45) is 4.05. The number of benzene rings is 1. The Morgan fingerprint density at radius 1 is 1.17 bits per heavy atom. The zero-order valence-corrected chi connectivity index (χ0v) is 12.7. The van der Waals surface area contributed by atoms with E-state index in [0.717, 1.165) is 35.0 Å². The number of methoxy groups -OCH3 is 1. The minimum atomic E-state index is 0.225. The molecule has 2 aromatic heterocycles. The van der Waals surface area contributed by atoms with Gasteiger partial charge < -0.3 is 15.2 Å². The van der Waals surface area contributed by atoms with E-state index in [1.54, 1.807) is 31.5 Å². The van der Waals surface area contributed by atoms with E-state index in [2.05, 4.69) is 20.3 Å². The summed E-state index contributed by atoms with van der Waals surface area (Å²) in [4.78, 5) is 13.4. The molecule has 2 N–H and O–H groups in total. The van der Waals surface area contributed by atoms with Gasteiger partial charge >= 0.3 is 0 Å². The van der Waals surface area contributed by atoms with Crippen LogP contribution in [0.25, 0.3) is 22.2 Å². The highest BCUT2D eigenvalue weighted by Gasteiger charge is 2.22. The fraction of sp³-hybridized carbons (Fsp3) is 0.235. The molecular formula is C17H16N4O2. The third-order valence-corrected chi connectivity index (χ3v) is 3.81. The molecule has 0 atom stereocenters. The predicted octanol–water partition coefficient (Wildman–Crippen LogP) is 2.98. The summed E-state index contributed by atoms with van der Waals surface area (Å²) < 4.78 is 5.40. The predicted molar refractivity (Wildman–Crippen MR) is 87.6 cm³/mol. The maximum atomic E-state index is 9.53. The van der Waals surface area contributed by atoms with Crippen molar-refractivity contribution < 1.29 is 9.84 Å². The number of aromatic nitrogens is 3. The molecule has 23 heavy (non-hydrogen) atoms. The first-order chi connectivity index (χ1) is 11.2. The summed E-state index contributed by atoms with van der Waals surface area (Å²) in [6, 6.07) is 9.35. The molecular weight excluding hydrogens is 292 g/mol. The lowest BCUT2D eigenvalue weighted by Crippen LogP contribution is -2.06. The van der Waals surface area contributed by atoms with Gasteiger partial charge in [-0.2, -0.15) is 4.98 Å². The van der Waals surface area contributed by atoms with Crippen molar-refractivity contribution in [3.05, 3.63) is 36.5 Å². The lowest BCUT2D eigenvalue weighted by Gasteiger charge is -2.10. The number of hydrogen-bond acceptors (Lipinski definition) is 6. The Bertz CT molecular complexity index is 878. The Morgan fingerprint density at radius 2 is 2.04 bits per heavy atom. The standard InChI is InChI=1S/C17H16N4O2/c1-23-16-13(9-18-17(21-16)19-11-3-4-11)15-6-2-10-8-12(22)5-7-14(10)20-15/h2,5-9,11,22H,3-4H2,1H3,(H,18,19,21). The van der Waals surface area contributed by atoms with Gasteiger partial charge in [-0.3, -0.25) is 0 Å². The quantitative estimate of drug-likeness (QED) is 0.771. The van der Waals surface area contributed by atoms with E-state index in [0.29, 0.717) is 17.9 Å². The molecule has 0 aliphatic heterocycles. The summed E-state index contributed by atoms with van der Waals surface area (Å²) >= 11 is 0. The van der Waals surface area contributed by atoms with Crippen molar-refractivity contribution in [1.82, 2.24) is 15.0 Å². The molecule has 2 heterocycles. The number of pyridine rings is 1. The first-order valence-corrected chi connectivity index (χ1v) is 7.50. The third kappa shape index (κ3) is 2.75. The molecule has 0 spiro atoms. The van der Waals surface area contributed by atoms with E-state index in [-0.39, 0.29) is 5.75 Å². The van der Waals surface area contributed by atoms with Crippen LogP contribution in [-0.4, -0.2) is 33.2 Å². The molecule has 1 aromatic carbocycles. The molecule has 116 valence electrons. The van der Waals surface area contributed by atoms with Gasteiger partial charge in [0, 0.05) is 17.6 Å². The minimum Gasteiger partial charge on any atom is -0.508 e. The number of anilines is 1. The molecule has 1 aliphatic rings. The molecule has 0 unspecified atom stereocenters. The van der Waals surface area contributed by atoms with Crippen molar-refractivity contribution in [2.75, 3.05) is 12.4 Å². The fourth-order valence-corrected chi connectivity index (χ4v) is 2.44. The summed E-state index contributed by atoms with van der Waals surface area (Å²) in [5, 5.41) is 13.7. The molecule has 3 aromatic rings. The van der Waals surface area contributed by atoms with Gasteiger partial charge in [-0.15, -0.1) is 0 Å². The molecule has 0 amide bonds. The molecule has 1 saturated carbocycles. The fourth-order valence-electron chi connectivity index (χ4n) is 2.44. The summed E-state index contributed by atoms with van der Waals surface area (Å²) in [7, 11) is 1.59. The van der Waals surface area contributed by atoms with E-state index in [9.17, 15) is 5.11 Å². The maximum Gasteiger partial charge on any atom is 0.227 e. The Labute approximate surface area is 133 Å². The highest BCUT2D eigenvalue weighted by atomic mass is 16.5. The van der Waals surface area contributed by atoms with Crippen molar-refractivity contribution in [1.29, 1.82) is 0 Å². The third-order valence-electron chi connectivity index (χ3n) is 3.81. The van der Waals surface area contributed by atoms with Crippen molar-refractivity contribution in [3.63, 3.8) is 0 Å². The number of fused-ring (bicyclic) bond motifs is 1. The van der Waals surface area contributed by atoms with Gasteiger partial charge in [0.15, 0.2) is 0 Å². The molecule has 0 bridgehead atoms. The highest BCUT2D eigenvalue weighted by Crippen LogP contribution is 2.30. The molecule has 4 rings (SSSR count). The van der Waals surface area contributed by atoms with Crippen LogP contribution in [-0.2, 0) is 0 Å². The molecule has 1 fully saturated rings. The first-order valence-electron chi connectivity index (χ1n) is 7.50. The van der Waals surface area contributed by atoms with Crippen LogP contribution in [0.15, 0.2) is 36.5 Å². The number of aromatic hydroxyl groups is 1. The van der Waals surface area contributed by atoms with E-state index < -0.39 is 0 Å². The van der Waals surface area contributed by atoms with E-state index >= 15 is 0 Å². The van der Waals surface area contributed by atoms with Crippen molar-refractivity contribution in [2.24, 2.45) is 0 Å². The second-order valence-electron chi connectivity index (χ2n) is 5.61. The average Bonchev–Trinajstić information content (AvgIpc) is 3.38. The lowest BCUT2D eigenvalue weighted by atomic mass is 10.1. The molecule has 6 nitrogen and oxygen atoms in total. The van der Waals surface area contributed by atoms with Crippen LogP contribution < -0.4 is 10.1 Å². The number of phenols is 1. The second kappa shape index (κ2) is 5.39. The van der Waals surface area contributed by atoms with Crippen molar-refractivity contribution in [3.8, 4) is 22.9 Å². The largest absolute Gasteiger partial charge is 0.508 e. The maximum absolute atomic E-state index is 9.53. The Kier molecular flexibility index (Phi) is 3.22. The van der Waals surface area contributed by atoms with Gasteiger partial charge in [-0.25, -0.2) is 9.97 Å². The zero-order valence-electron chi connectivity index (χ0n) is 12.7. The first kappa shape index (κ1) is 13.8. The van der Waals surface area contributed by atoms with Gasteiger partial charge in [-0.1, -0.05) is 6.07 Å². The number of nitrogens with one attached hydrogen (secondary N) is 1. The zero-order chi connectivity index (χ0) is 15.8.